The number of nitrogens with one attached hydrogen (secondary N) is 2. The lowest BCUT2D eigenvalue weighted by Crippen LogP contribution is -2.30. The molecule has 0 aromatic heterocycles. The quantitative estimate of drug-likeness (QED) is 0.780. The van der Waals surface area contributed by atoms with Crippen LogP contribution < -0.4 is 10.6 Å². The Morgan fingerprint density at radius 2 is 1.00 bits per heavy atom. The van der Waals surface area contributed by atoms with Crippen molar-refractivity contribution in [3.05, 3.63) is 0 Å². The van der Waals surface area contributed by atoms with Crippen molar-refractivity contribution in [1.82, 2.24) is 10.6 Å². The zero-order valence-corrected chi connectivity index (χ0v) is 10.5. The molecule has 2 nitrogen and oxygen atoms in total. The predicted molar refractivity (Wildman–Crippen MR) is 67.7 cm³/mol. The summed E-state index contributed by atoms with van der Waals surface area (Å²) < 4.78 is 0. The Labute approximate surface area is 100.0 Å². The van der Waals surface area contributed by atoms with E-state index in [4.69, 9.17) is 0 Å². The Bertz CT molecular complexity index is 134. The van der Waals surface area contributed by atoms with Crippen LogP contribution in [0.4, 0.5) is 0 Å². The molecule has 0 unspecified atom stereocenters. The van der Waals surface area contributed by atoms with E-state index in [1.807, 2.05) is 0 Å². The minimum absolute atomic E-state index is 0. The molecule has 0 aliphatic carbocycles. The second-order valence-corrected chi connectivity index (χ2v) is 4.96. The molecule has 0 spiro atoms. The van der Waals surface area contributed by atoms with Crippen molar-refractivity contribution in [2.24, 2.45) is 11.8 Å². The van der Waals surface area contributed by atoms with Crippen LogP contribution in [0.1, 0.15) is 38.5 Å². The lowest BCUT2D eigenvalue weighted by atomic mass is 9.86. The molecule has 0 radical (unpaired) electrons. The molecule has 2 aliphatic heterocycles. The maximum absolute atomic E-state index is 3.44. The van der Waals surface area contributed by atoms with Crippen LogP contribution in [0, 0.1) is 11.8 Å². The van der Waals surface area contributed by atoms with Gasteiger partial charge in [-0.25, -0.2) is 0 Å². The van der Waals surface area contributed by atoms with Crippen molar-refractivity contribution < 1.29 is 0 Å². The van der Waals surface area contributed by atoms with Crippen molar-refractivity contribution >= 4 is 12.4 Å². The third-order valence-corrected chi connectivity index (χ3v) is 3.90. The topological polar surface area (TPSA) is 24.1 Å². The van der Waals surface area contributed by atoms with Crippen LogP contribution in [0.5, 0.6) is 0 Å². The normalized spacial score (nSPS) is 24.8. The zero-order valence-electron chi connectivity index (χ0n) is 9.63. The second-order valence-electron chi connectivity index (χ2n) is 4.96. The van der Waals surface area contributed by atoms with E-state index >= 15 is 0 Å². The molecule has 0 atom stereocenters. The van der Waals surface area contributed by atoms with Gasteiger partial charge < -0.3 is 10.6 Å². The van der Waals surface area contributed by atoms with E-state index in [0.717, 1.165) is 11.8 Å². The van der Waals surface area contributed by atoms with Crippen molar-refractivity contribution in [1.29, 1.82) is 0 Å². The first-order chi connectivity index (χ1) is 6.95. The van der Waals surface area contributed by atoms with E-state index in [1.54, 1.807) is 0 Å². The minimum atomic E-state index is 0. The number of halogens is 1. The molecule has 0 aromatic rings. The highest BCUT2D eigenvalue weighted by Crippen LogP contribution is 2.24. The maximum atomic E-state index is 3.44. The van der Waals surface area contributed by atoms with Gasteiger partial charge in [0.15, 0.2) is 0 Å². The van der Waals surface area contributed by atoms with Gasteiger partial charge in [0.2, 0.25) is 0 Å². The molecule has 90 valence electrons. The molecule has 2 heterocycles. The standard InChI is InChI=1S/C12H24N2.ClH/c1(11-3-7-13-8-4-11)2-12-5-9-14-10-6-12;/h11-14H,1-10H2;1H. The molecular formula is C12H25ClN2. The summed E-state index contributed by atoms with van der Waals surface area (Å²) in [6.45, 7) is 5.04. The SMILES string of the molecule is C1CC(CCC2CCNCC2)CCN1.Cl. The highest BCUT2D eigenvalue weighted by molar-refractivity contribution is 5.85. The average molecular weight is 233 g/mol. The van der Waals surface area contributed by atoms with Gasteiger partial charge in [-0.05, 0) is 63.7 Å². The van der Waals surface area contributed by atoms with Crippen molar-refractivity contribution in [3.63, 3.8) is 0 Å². The van der Waals surface area contributed by atoms with Crippen LogP contribution >= 0.6 is 12.4 Å². The van der Waals surface area contributed by atoms with E-state index in [1.165, 1.54) is 64.7 Å². The Balaban J connectivity index is 0.00000112. The van der Waals surface area contributed by atoms with Gasteiger partial charge in [0.05, 0.1) is 0 Å². The summed E-state index contributed by atoms with van der Waals surface area (Å²) >= 11 is 0. The third kappa shape index (κ3) is 4.71. The molecule has 0 bridgehead atoms. The molecule has 0 amide bonds. The molecule has 2 aliphatic rings. The fraction of sp³-hybridized carbons (Fsp3) is 1.00. The fourth-order valence-electron chi connectivity index (χ4n) is 2.81. The number of rotatable bonds is 3. The zero-order chi connectivity index (χ0) is 9.64. The van der Waals surface area contributed by atoms with Gasteiger partial charge in [0, 0.05) is 0 Å². The maximum Gasteiger partial charge on any atom is -0.00463 e. The molecule has 2 N–H and O–H groups in total. The van der Waals surface area contributed by atoms with Gasteiger partial charge in [-0.15, -0.1) is 12.4 Å². The molecular weight excluding hydrogens is 208 g/mol. The van der Waals surface area contributed by atoms with Gasteiger partial charge in [0.1, 0.15) is 0 Å². The Hall–Kier alpha value is 0.210. The van der Waals surface area contributed by atoms with Gasteiger partial charge in [0.25, 0.3) is 0 Å². The largest absolute Gasteiger partial charge is 0.317 e. The van der Waals surface area contributed by atoms with Crippen molar-refractivity contribution in [2.45, 2.75) is 38.5 Å². The monoisotopic (exact) mass is 232 g/mol. The predicted octanol–water partition coefficient (Wildman–Crippen LogP) is 2.19. The van der Waals surface area contributed by atoms with E-state index in [2.05, 4.69) is 10.6 Å². The number of piperidine rings is 2. The molecule has 2 saturated heterocycles. The molecule has 0 saturated carbocycles. The van der Waals surface area contributed by atoms with E-state index in [9.17, 15) is 0 Å². The smallest absolute Gasteiger partial charge is 0.00463 e. The molecule has 2 rings (SSSR count). The average Bonchev–Trinajstić information content (AvgIpc) is 2.29. The minimum Gasteiger partial charge on any atom is -0.317 e. The number of hydrogen-bond donors (Lipinski definition) is 2. The molecule has 0 aromatic carbocycles. The summed E-state index contributed by atoms with van der Waals surface area (Å²) in [4.78, 5) is 0. The first-order valence-electron chi connectivity index (χ1n) is 6.36. The Kier molecular flexibility index (Phi) is 6.62. The fourth-order valence-corrected chi connectivity index (χ4v) is 2.81. The Morgan fingerprint density at radius 3 is 1.33 bits per heavy atom. The second kappa shape index (κ2) is 7.48. The van der Waals surface area contributed by atoms with E-state index < -0.39 is 0 Å². The summed E-state index contributed by atoms with van der Waals surface area (Å²) in [6, 6.07) is 0. The first-order valence-corrected chi connectivity index (χ1v) is 6.36. The lowest BCUT2D eigenvalue weighted by Gasteiger charge is -2.27. The van der Waals surface area contributed by atoms with Crippen LogP contribution in [-0.4, -0.2) is 26.2 Å². The van der Waals surface area contributed by atoms with Crippen LogP contribution in [0.15, 0.2) is 0 Å². The van der Waals surface area contributed by atoms with Crippen molar-refractivity contribution in [3.8, 4) is 0 Å². The van der Waals surface area contributed by atoms with Crippen LogP contribution in [0.25, 0.3) is 0 Å². The highest BCUT2D eigenvalue weighted by atomic mass is 35.5. The van der Waals surface area contributed by atoms with Crippen LogP contribution in [0.2, 0.25) is 0 Å². The lowest BCUT2D eigenvalue weighted by molar-refractivity contribution is 0.286. The van der Waals surface area contributed by atoms with Gasteiger partial charge in [-0.2, -0.15) is 0 Å². The molecule has 2 fully saturated rings. The van der Waals surface area contributed by atoms with Gasteiger partial charge in [-0.1, -0.05) is 12.8 Å². The summed E-state index contributed by atoms with van der Waals surface area (Å²) in [5, 5.41) is 6.89. The third-order valence-electron chi connectivity index (χ3n) is 3.90. The van der Waals surface area contributed by atoms with Crippen LogP contribution in [0.3, 0.4) is 0 Å². The van der Waals surface area contributed by atoms with Crippen molar-refractivity contribution in [2.75, 3.05) is 26.2 Å². The molecule has 15 heavy (non-hydrogen) atoms. The van der Waals surface area contributed by atoms with Crippen LogP contribution in [-0.2, 0) is 0 Å². The van der Waals surface area contributed by atoms with E-state index in [-0.39, 0.29) is 12.4 Å². The summed E-state index contributed by atoms with van der Waals surface area (Å²) in [7, 11) is 0. The number of hydrogen-bond acceptors (Lipinski definition) is 2. The highest BCUT2D eigenvalue weighted by Gasteiger charge is 2.17. The summed E-state index contributed by atoms with van der Waals surface area (Å²) in [5.74, 6) is 2.07. The first kappa shape index (κ1) is 13.3. The van der Waals surface area contributed by atoms with Gasteiger partial charge >= 0.3 is 0 Å². The summed E-state index contributed by atoms with van der Waals surface area (Å²) in [6.07, 6.45) is 8.67. The van der Waals surface area contributed by atoms with Gasteiger partial charge in [-0.3, -0.25) is 0 Å². The van der Waals surface area contributed by atoms with E-state index in [0.29, 0.717) is 0 Å². The Morgan fingerprint density at radius 1 is 0.667 bits per heavy atom. The summed E-state index contributed by atoms with van der Waals surface area (Å²) in [5.41, 5.74) is 0. The molecule has 3 heteroatoms.